The molecule has 2 nitrogen and oxygen atoms in total. The van der Waals surface area contributed by atoms with Gasteiger partial charge in [0.15, 0.2) is 9.60 Å². The second kappa shape index (κ2) is 6.97. The van der Waals surface area contributed by atoms with Gasteiger partial charge in [-0.1, -0.05) is 29.8 Å². The molecule has 1 heterocycles. The molecule has 27 heavy (non-hydrogen) atoms. The number of hydrogen-bond acceptors (Lipinski definition) is 2. The Hall–Kier alpha value is -2.39. The van der Waals surface area contributed by atoms with Crippen LogP contribution in [-0.4, -0.2) is 11.6 Å². The predicted molar refractivity (Wildman–Crippen MR) is 114 cm³/mol. The molecule has 2 unspecified atom stereocenters. The maximum Gasteiger partial charge on any atom is 0.338 e. The van der Waals surface area contributed by atoms with E-state index in [2.05, 4.69) is 54.8 Å². The first kappa shape index (κ1) is 18.0. The number of carbonyl (C=O) groups is 1. The molecule has 0 fully saturated rings. The summed E-state index contributed by atoms with van der Waals surface area (Å²) >= 11 is 0. The zero-order valence-electron chi connectivity index (χ0n) is 16.1. The number of fused-ring (bicyclic) bond motifs is 1. The van der Waals surface area contributed by atoms with E-state index in [0.717, 1.165) is 17.7 Å². The molecule has 1 aromatic heterocycles. The lowest BCUT2D eigenvalue weighted by Crippen LogP contribution is -2.36. The number of allylic oxidation sites excluding steroid dienone is 1. The first-order valence-electron chi connectivity index (χ1n) is 9.46. The Kier molecular flexibility index (Phi) is 4.65. The van der Waals surface area contributed by atoms with Gasteiger partial charge in [0, 0.05) is 33.9 Å². The predicted octanol–water partition coefficient (Wildman–Crippen LogP) is 6.87. The van der Waals surface area contributed by atoms with Crippen molar-refractivity contribution in [2.75, 3.05) is 0 Å². The lowest BCUT2D eigenvalue weighted by molar-refractivity contribution is -0.0219. The summed E-state index contributed by atoms with van der Waals surface area (Å²) in [4.78, 5) is 14.0. The molecule has 1 aliphatic carbocycles. The van der Waals surface area contributed by atoms with Gasteiger partial charge < -0.3 is 4.74 Å². The van der Waals surface area contributed by atoms with E-state index in [9.17, 15) is 4.79 Å². The number of benzene rings is 2. The highest BCUT2D eigenvalue weighted by Crippen LogP contribution is 2.40. The third-order valence-corrected chi connectivity index (χ3v) is 7.55. The highest BCUT2D eigenvalue weighted by atomic mass is 32.2. The van der Waals surface area contributed by atoms with Crippen molar-refractivity contribution in [1.29, 1.82) is 0 Å². The molecule has 4 rings (SSSR count). The van der Waals surface area contributed by atoms with Crippen molar-refractivity contribution >= 4 is 26.5 Å². The minimum Gasteiger partial charge on any atom is -0.455 e. The smallest absolute Gasteiger partial charge is 0.338 e. The Morgan fingerprint density at radius 2 is 1.93 bits per heavy atom. The Morgan fingerprint density at radius 3 is 2.70 bits per heavy atom. The topological polar surface area (TPSA) is 26.3 Å². The minimum absolute atomic E-state index is 0.121. The monoisotopic (exact) mass is 377 g/mol. The van der Waals surface area contributed by atoms with Crippen LogP contribution in [0.3, 0.4) is 0 Å². The molecule has 3 aromatic rings. The molecule has 0 saturated carbocycles. The molecular formula is C24H25O2S+. The largest absolute Gasteiger partial charge is 0.455 e. The molecule has 0 spiro atoms. The molecule has 0 saturated heterocycles. The molecule has 0 radical (unpaired) electrons. The molecule has 0 amide bonds. The SMILES string of the molecule is CC1=CCCC1C(C)(C)OC(=O)c1cccc(-[s+]2ccc3ccccc32)c1. The molecule has 1 aliphatic rings. The van der Waals surface area contributed by atoms with Gasteiger partial charge in [-0.05, 0) is 57.9 Å². The highest BCUT2D eigenvalue weighted by molar-refractivity contribution is 7.43. The summed E-state index contributed by atoms with van der Waals surface area (Å²) in [6.45, 7) is 6.19. The molecule has 2 aromatic carbocycles. The van der Waals surface area contributed by atoms with Crippen LogP contribution in [0.15, 0.2) is 71.6 Å². The zero-order valence-corrected chi connectivity index (χ0v) is 16.9. The first-order valence-corrected chi connectivity index (χ1v) is 10.7. The van der Waals surface area contributed by atoms with E-state index >= 15 is 0 Å². The van der Waals surface area contributed by atoms with Gasteiger partial charge in [-0.25, -0.2) is 4.79 Å². The Labute approximate surface area is 163 Å². The molecule has 0 N–H and O–H groups in total. The van der Waals surface area contributed by atoms with E-state index in [1.165, 1.54) is 15.7 Å². The van der Waals surface area contributed by atoms with Gasteiger partial charge in [-0.2, -0.15) is 0 Å². The molecule has 138 valence electrons. The van der Waals surface area contributed by atoms with Crippen molar-refractivity contribution in [3.8, 4) is 4.90 Å². The third-order valence-electron chi connectivity index (χ3n) is 5.53. The molecule has 3 heteroatoms. The van der Waals surface area contributed by atoms with Crippen LogP contribution in [0.1, 0.15) is 44.0 Å². The zero-order chi connectivity index (χ0) is 19.0. The minimum atomic E-state index is -0.494. The van der Waals surface area contributed by atoms with Crippen molar-refractivity contribution in [3.05, 3.63) is 77.2 Å². The van der Waals surface area contributed by atoms with E-state index in [4.69, 9.17) is 4.74 Å². The third kappa shape index (κ3) is 3.44. The summed E-state index contributed by atoms with van der Waals surface area (Å²) in [6, 6.07) is 18.5. The summed E-state index contributed by atoms with van der Waals surface area (Å²) < 4.78 is 7.29. The van der Waals surface area contributed by atoms with Gasteiger partial charge in [0.05, 0.1) is 5.56 Å². The van der Waals surface area contributed by atoms with Crippen LogP contribution in [0.5, 0.6) is 0 Å². The van der Waals surface area contributed by atoms with E-state index in [1.807, 2.05) is 32.0 Å². The fourth-order valence-corrected chi connectivity index (χ4v) is 6.05. The van der Waals surface area contributed by atoms with Crippen LogP contribution >= 0.6 is 10.5 Å². The fourth-order valence-electron chi connectivity index (χ4n) is 4.11. The first-order chi connectivity index (χ1) is 13.0. The van der Waals surface area contributed by atoms with E-state index < -0.39 is 5.60 Å². The lowest BCUT2D eigenvalue weighted by atomic mass is 9.86. The van der Waals surface area contributed by atoms with E-state index in [0.29, 0.717) is 11.5 Å². The average Bonchev–Trinajstić information content (AvgIpc) is 3.28. The molecule has 0 bridgehead atoms. The van der Waals surface area contributed by atoms with E-state index in [1.54, 1.807) is 0 Å². The summed E-state index contributed by atoms with van der Waals surface area (Å²) in [5.74, 6) is 0.0674. The number of carbonyl (C=O) groups excluding carboxylic acids is 1. The quantitative estimate of drug-likeness (QED) is 0.282. The van der Waals surface area contributed by atoms with Crippen LogP contribution in [-0.2, 0) is 4.74 Å². The number of hydrogen-bond donors (Lipinski definition) is 0. The second-order valence-electron chi connectivity index (χ2n) is 7.78. The fraction of sp³-hybridized carbons (Fsp3) is 0.292. The Morgan fingerprint density at radius 1 is 1.11 bits per heavy atom. The lowest BCUT2D eigenvalue weighted by Gasteiger charge is -2.32. The molecule has 2 atom stereocenters. The maximum atomic E-state index is 12.9. The Balaban J connectivity index is 1.61. The average molecular weight is 378 g/mol. The van der Waals surface area contributed by atoms with Crippen LogP contribution in [0, 0.1) is 5.92 Å². The van der Waals surface area contributed by atoms with Gasteiger partial charge in [-0.3, -0.25) is 0 Å². The van der Waals surface area contributed by atoms with Crippen LogP contribution < -0.4 is 0 Å². The normalized spacial score (nSPS) is 17.8. The van der Waals surface area contributed by atoms with Crippen molar-refractivity contribution in [2.24, 2.45) is 5.92 Å². The molecular weight excluding hydrogens is 352 g/mol. The summed E-state index contributed by atoms with van der Waals surface area (Å²) in [5, 5.41) is 3.49. The van der Waals surface area contributed by atoms with Crippen molar-refractivity contribution < 1.29 is 9.53 Å². The molecule has 0 aliphatic heterocycles. The van der Waals surface area contributed by atoms with Gasteiger partial charge in [0.2, 0.25) is 0 Å². The van der Waals surface area contributed by atoms with E-state index in [-0.39, 0.29) is 16.4 Å². The van der Waals surface area contributed by atoms with Crippen molar-refractivity contribution in [2.45, 2.75) is 39.2 Å². The summed E-state index contributed by atoms with van der Waals surface area (Å²) in [5.41, 5.74) is 1.47. The maximum absolute atomic E-state index is 12.9. The number of esters is 1. The van der Waals surface area contributed by atoms with Gasteiger partial charge in [0.25, 0.3) is 0 Å². The summed E-state index contributed by atoms with van der Waals surface area (Å²) in [6.07, 6.45) is 4.38. The van der Waals surface area contributed by atoms with Crippen LogP contribution in [0.25, 0.3) is 15.0 Å². The number of ether oxygens (including phenoxy) is 1. The van der Waals surface area contributed by atoms with Gasteiger partial charge in [0.1, 0.15) is 11.0 Å². The Bertz CT molecular complexity index is 1030. The second-order valence-corrected chi connectivity index (χ2v) is 9.64. The number of thiophene rings is 1. The highest BCUT2D eigenvalue weighted by Gasteiger charge is 2.36. The van der Waals surface area contributed by atoms with Gasteiger partial charge in [-0.15, -0.1) is 0 Å². The van der Waals surface area contributed by atoms with Gasteiger partial charge >= 0.3 is 5.97 Å². The van der Waals surface area contributed by atoms with Crippen LogP contribution in [0.2, 0.25) is 0 Å². The van der Waals surface area contributed by atoms with Crippen LogP contribution in [0.4, 0.5) is 0 Å². The number of rotatable bonds is 4. The van der Waals surface area contributed by atoms with Crippen molar-refractivity contribution in [3.63, 3.8) is 0 Å². The van der Waals surface area contributed by atoms with Crippen molar-refractivity contribution in [1.82, 2.24) is 0 Å². The standard InChI is InChI=1S/C24H25O2S/c1-17-8-6-12-21(17)24(2,3)26-23(25)19-10-7-11-20(16-19)27-15-14-18-9-4-5-13-22(18)27/h4-5,7-11,13-16,21H,6,12H2,1-3H3/q+1. The summed E-state index contributed by atoms with van der Waals surface area (Å²) in [7, 11) is -0.121.